The van der Waals surface area contributed by atoms with Gasteiger partial charge in [-0.25, -0.2) is 14.6 Å². The number of carbonyl (C=O) groups excluding carboxylic acids is 2. The number of rotatable bonds is 7. The molecule has 1 fully saturated rings. The second-order valence-electron chi connectivity index (χ2n) is 7.32. The van der Waals surface area contributed by atoms with Gasteiger partial charge in [0.05, 0.1) is 19.9 Å². The van der Waals surface area contributed by atoms with Gasteiger partial charge in [-0.1, -0.05) is 35.9 Å². The van der Waals surface area contributed by atoms with Gasteiger partial charge in [0, 0.05) is 24.0 Å². The molecule has 0 radical (unpaired) electrons. The van der Waals surface area contributed by atoms with E-state index >= 15 is 0 Å². The topological polar surface area (TPSA) is 78.0 Å². The number of thiazole rings is 1. The lowest BCUT2D eigenvalue weighted by atomic mass is 10.0. The van der Waals surface area contributed by atoms with Crippen molar-refractivity contribution in [2.75, 3.05) is 20.8 Å². The van der Waals surface area contributed by atoms with Crippen LogP contribution in [0.5, 0.6) is 0 Å². The highest BCUT2D eigenvalue weighted by Crippen LogP contribution is 2.33. The van der Waals surface area contributed by atoms with Crippen LogP contribution in [-0.2, 0) is 30.2 Å². The maximum atomic E-state index is 12.3. The van der Waals surface area contributed by atoms with Crippen molar-refractivity contribution in [3.05, 3.63) is 57.0 Å². The van der Waals surface area contributed by atoms with Crippen LogP contribution in [0.25, 0.3) is 5.57 Å². The molecule has 1 aliphatic rings. The van der Waals surface area contributed by atoms with Gasteiger partial charge in [-0.15, -0.1) is 11.3 Å². The van der Waals surface area contributed by atoms with Crippen molar-refractivity contribution in [2.24, 2.45) is 0 Å². The van der Waals surface area contributed by atoms with Crippen LogP contribution >= 0.6 is 22.9 Å². The molecule has 1 aliphatic heterocycles. The van der Waals surface area contributed by atoms with Crippen molar-refractivity contribution < 1.29 is 23.8 Å². The predicted molar refractivity (Wildman–Crippen MR) is 119 cm³/mol. The maximum absolute atomic E-state index is 12.3. The lowest BCUT2D eigenvalue weighted by Gasteiger charge is -2.27. The zero-order valence-corrected chi connectivity index (χ0v) is 19.4. The Balaban J connectivity index is 1.71. The molecular formula is C22H25ClN2O5S. The molecular weight excluding hydrogens is 440 g/mol. The molecule has 0 N–H and O–H groups in total. The highest BCUT2D eigenvalue weighted by Gasteiger charge is 2.42. The van der Waals surface area contributed by atoms with Crippen LogP contribution in [0.3, 0.4) is 0 Å². The highest BCUT2D eigenvalue weighted by atomic mass is 35.5. The summed E-state index contributed by atoms with van der Waals surface area (Å²) in [6.07, 6.45) is 1.03. The lowest BCUT2D eigenvalue weighted by molar-refractivity contribution is -0.162. The van der Waals surface area contributed by atoms with E-state index < -0.39 is 12.2 Å². The van der Waals surface area contributed by atoms with E-state index in [0.29, 0.717) is 17.4 Å². The van der Waals surface area contributed by atoms with E-state index in [1.807, 2.05) is 48.4 Å². The summed E-state index contributed by atoms with van der Waals surface area (Å²) in [6, 6.07) is 7.98. The zero-order chi connectivity index (χ0) is 22.5. The van der Waals surface area contributed by atoms with Gasteiger partial charge in [-0.2, -0.15) is 0 Å². The molecule has 9 heteroatoms. The van der Waals surface area contributed by atoms with E-state index in [2.05, 4.69) is 9.72 Å². The number of ether oxygens (including phenoxy) is 3. The molecule has 1 aromatic carbocycles. The standard InChI is InChI=1S/C22H25ClN2O5S/c1-13(9-19(26)28-3)16-7-5-15(6-8-16)10-14(2)25-11-18(17-12-31-22(23)24-17)30-20(25)21(27)29-4/h5-9,12,14,18,20H,10-11H2,1-4H3. The third kappa shape index (κ3) is 5.71. The summed E-state index contributed by atoms with van der Waals surface area (Å²) in [4.78, 5) is 30.0. The summed E-state index contributed by atoms with van der Waals surface area (Å²) in [6.45, 7) is 4.42. The Morgan fingerprint density at radius 1 is 1.32 bits per heavy atom. The van der Waals surface area contributed by atoms with Crippen LogP contribution in [0.2, 0.25) is 4.47 Å². The fourth-order valence-electron chi connectivity index (χ4n) is 3.52. The average molecular weight is 465 g/mol. The number of halogens is 1. The summed E-state index contributed by atoms with van der Waals surface area (Å²) >= 11 is 7.29. The van der Waals surface area contributed by atoms with E-state index in [1.165, 1.54) is 31.6 Å². The number of hydrogen-bond donors (Lipinski definition) is 0. The third-order valence-corrected chi connectivity index (χ3v) is 6.24. The molecule has 0 saturated carbocycles. The van der Waals surface area contributed by atoms with Crippen molar-refractivity contribution in [2.45, 2.75) is 38.6 Å². The van der Waals surface area contributed by atoms with Gasteiger partial charge in [-0.3, -0.25) is 4.90 Å². The smallest absolute Gasteiger partial charge is 0.350 e. The minimum atomic E-state index is -0.796. The molecule has 3 rings (SSSR count). The normalized spacial score (nSPS) is 20.5. The molecule has 0 aliphatic carbocycles. The second-order valence-corrected chi connectivity index (χ2v) is 8.76. The number of hydrogen-bond acceptors (Lipinski definition) is 8. The zero-order valence-electron chi connectivity index (χ0n) is 17.8. The van der Waals surface area contributed by atoms with Crippen molar-refractivity contribution in [3.8, 4) is 0 Å². The first kappa shape index (κ1) is 23.4. The van der Waals surface area contributed by atoms with Gasteiger partial charge in [0.25, 0.3) is 0 Å². The number of nitrogens with zero attached hydrogens (tertiary/aromatic N) is 2. The van der Waals surface area contributed by atoms with Crippen LogP contribution in [0, 0.1) is 0 Å². The van der Waals surface area contributed by atoms with Gasteiger partial charge in [0.1, 0.15) is 6.10 Å². The monoisotopic (exact) mass is 464 g/mol. The average Bonchev–Trinajstić information content (AvgIpc) is 3.40. The number of aromatic nitrogens is 1. The quantitative estimate of drug-likeness (QED) is 0.454. The number of esters is 2. The summed E-state index contributed by atoms with van der Waals surface area (Å²) < 4.78 is 16.0. The fourth-order valence-corrected chi connectivity index (χ4v) is 4.33. The SMILES string of the molecule is COC(=O)C=C(C)c1ccc(CC(C)N2CC(c3csc(Cl)n3)OC2C(=O)OC)cc1. The molecule has 3 unspecified atom stereocenters. The largest absolute Gasteiger partial charge is 0.466 e. The molecule has 7 nitrogen and oxygen atoms in total. The number of allylic oxidation sites excluding steroid dienone is 1. The van der Waals surface area contributed by atoms with Gasteiger partial charge in [-0.05, 0) is 37.0 Å². The maximum Gasteiger partial charge on any atom is 0.350 e. The number of carbonyl (C=O) groups is 2. The van der Waals surface area contributed by atoms with Crippen LogP contribution < -0.4 is 0 Å². The first-order valence-corrected chi connectivity index (χ1v) is 11.0. The van der Waals surface area contributed by atoms with Crippen molar-refractivity contribution in [3.63, 3.8) is 0 Å². The Bertz CT molecular complexity index is 959. The Morgan fingerprint density at radius 3 is 2.61 bits per heavy atom. The van der Waals surface area contributed by atoms with Gasteiger partial charge in [0.2, 0.25) is 6.23 Å². The molecule has 166 valence electrons. The Morgan fingerprint density at radius 2 is 2.03 bits per heavy atom. The van der Waals surface area contributed by atoms with Crippen LogP contribution in [0.15, 0.2) is 35.7 Å². The molecule has 2 heterocycles. The summed E-state index contributed by atoms with van der Waals surface area (Å²) in [5.74, 6) is -0.816. The summed E-state index contributed by atoms with van der Waals surface area (Å²) in [7, 11) is 2.71. The molecule has 31 heavy (non-hydrogen) atoms. The minimum absolute atomic E-state index is 0.0146. The fraction of sp³-hybridized carbons (Fsp3) is 0.409. The van der Waals surface area contributed by atoms with Crippen molar-refractivity contribution >= 4 is 40.4 Å². The van der Waals surface area contributed by atoms with Gasteiger partial charge >= 0.3 is 11.9 Å². The highest BCUT2D eigenvalue weighted by molar-refractivity contribution is 7.13. The van der Waals surface area contributed by atoms with Gasteiger partial charge < -0.3 is 14.2 Å². The molecule has 1 saturated heterocycles. The van der Waals surface area contributed by atoms with Crippen molar-refractivity contribution in [1.29, 1.82) is 0 Å². The molecule has 1 aromatic heterocycles. The first-order valence-electron chi connectivity index (χ1n) is 9.78. The van der Waals surface area contributed by atoms with Crippen LogP contribution in [0.4, 0.5) is 0 Å². The molecule has 3 atom stereocenters. The summed E-state index contributed by atoms with van der Waals surface area (Å²) in [5.41, 5.74) is 3.59. The number of methoxy groups -OCH3 is 2. The minimum Gasteiger partial charge on any atom is -0.466 e. The Labute approximate surface area is 190 Å². The van der Waals surface area contributed by atoms with Crippen molar-refractivity contribution in [1.82, 2.24) is 9.88 Å². The molecule has 2 aromatic rings. The number of benzene rings is 1. The van der Waals surface area contributed by atoms with Crippen LogP contribution in [0.1, 0.15) is 36.8 Å². The molecule has 0 bridgehead atoms. The second kappa shape index (κ2) is 10.4. The van der Waals surface area contributed by atoms with Crippen LogP contribution in [-0.4, -0.2) is 54.9 Å². The molecule has 0 spiro atoms. The summed E-state index contributed by atoms with van der Waals surface area (Å²) in [5, 5.41) is 1.85. The van der Waals surface area contributed by atoms with E-state index in [1.54, 1.807) is 0 Å². The van der Waals surface area contributed by atoms with E-state index in [9.17, 15) is 9.59 Å². The molecule has 0 amide bonds. The first-order chi connectivity index (χ1) is 14.8. The third-order valence-electron chi connectivity index (χ3n) is 5.24. The van der Waals surface area contributed by atoms with E-state index in [-0.39, 0.29) is 18.1 Å². The lowest BCUT2D eigenvalue weighted by Crippen LogP contribution is -2.44. The van der Waals surface area contributed by atoms with Gasteiger partial charge in [0.15, 0.2) is 4.47 Å². The Kier molecular flexibility index (Phi) is 7.83. The Hall–Kier alpha value is -2.26. The van der Waals surface area contributed by atoms with E-state index in [4.69, 9.17) is 21.1 Å². The predicted octanol–water partition coefficient (Wildman–Crippen LogP) is 3.88. The van der Waals surface area contributed by atoms with E-state index in [0.717, 1.165) is 22.4 Å².